The van der Waals surface area contributed by atoms with Gasteiger partial charge < -0.3 is 14.8 Å². The number of H-pyrrole nitrogens is 1. The molecule has 25 heavy (non-hydrogen) atoms. The van der Waals surface area contributed by atoms with E-state index in [1.165, 1.54) is 65.0 Å². The van der Waals surface area contributed by atoms with Crippen LogP contribution in [-0.2, 0) is 6.54 Å². The van der Waals surface area contributed by atoms with E-state index in [2.05, 4.69) is 51.0 Å². The minimum atomic E-state index is 0.710. The second kappa shape index (κ2) is 7.85. The minimum Gasteiger partial charge on any atom is -0.341 e. The second-order valence-corrected chi connectivity index (χ2v) is 7.75. The summed E-state index contributed by atoms with van der Waals surface area (Å²) in [6.45, 7) is 8.31. The summed E-state index contributed by atoms with van der Waals surface area (Å²) in [6, 6.07) is 9.06. The van der Waals surface area contributed by atoms with E-state index in [1.54, 1.807) is 0 Å². The van der Waals surface area contributed by atoms with Crippen LogP contribution in [0.25, 0.3) is 11.0 Å². The van der Waals surface area contributed by atoms with E-state index in [0.29, 0.717) is 6.04 Å². The van der Waals surface area contributed by atoms with Crippen molar-refractivity contribution in [2.24, 2.45) is 0 Å². The Morgan fingerprint density at radius 2 is 1.92 bits per heavy atom. The summed E-state index contributed by atoms with van der Waals surface area (Å²) >= 11 is 0. The highest BCUT2D eigenvalue weighted by Gasteiger charge is 2.24. The predicted molar refractivity (Wildman–Crippen MR) is 103 cm³/mol. The lowest BCUT2D eigenvalue weighted by atomic mass is 9.99. The Bertz CT molecular complexity index is 641. The summed E-state index contributed by atoms with van der Waals surface area (Å²) in [5.41, 5.74) is 2.24. The summed E-state index contributed by atoms with van der Waals surface area (Å²) in [7, 11) is 2.23. The Hall–Kier alpha value is -1.43. The average molecular weight is 342 g/mol. The molecular weight excluding hydrogens is 310 g/mol. The van der Waals surface area contributed by atoms with Gasteiger partial charge in [0.15, 0.2) is 0 Å². The fourth-order valence-electron chi connectivity index (χ4n) is 4.27. The van der Waals surface area contributed by atoms with Crippen LogP contribution in [0.4, 0.5) is 0 Å². The average Bonchev–Trinajstić information content (AvgIpc) is 3.05. The Morgan fingerprint density at radius 3 is 2.76 bits per heavy atom. The number of hydrogen-bond acceptors (Lipinski definition) is 4. The number of para-hydroxylation sites is 2. The number of benzene rings is 1. The molecule has 0 unspecified atom stereocenters. The maximum absolute atomic E-state index is 4.79. The number of imidazole rings is 1. The number of aromatic amines is 1. The number of nitrogens with zero attached hydrogens (tertiary/aromatic N) is 4. The zero-order valence-corrected chi connectivity index (χ0v) is 15.5. The van der Waals surface area contributed by atoms with Crippen LogP contribution in [-0.4, -0.2) is 77.0 Å². The highest BCUT2D eigenvalue weighted by molar-refractivity contribution is 5.74. The van der Waals surface area contributed by atoms with Crippen LogP contribution in [0.2, 0.25) is 0 Å². The van der Waals surface area contributed by atoms with Crippen LogP contribution < -0.4 is 0 Å². The van der Waals surface area contributed by atoms with Gasteiger partial charge in [0.25, 0.3) is 0 Å². The quantitative estimate of drug-likeness (QED) is 0.907. The lowest BCUT2D eigenvalue weighted by molar-refractivity contribution is 0.100. The normalized spacial score (nSPS) is 24.1. The number of nitrogens with one attached hydrogen (secondary N) is 1. The summed E-state index contributed by atoms with van der Waals surface area (Å²) in [5.74, 6) is 1.12. The van der Waals surface area contributed by atoms with Crippen LogP contribution >= 0.6 is 0 Å². The molecule has 1 aromatic carbocycles. The Kier molecular flexibility index (Phi) is 5.34. The molecule has 3 heterocycles. The van der Waals surface area contributed by atoms with Crippen molar-refractivity contribution in [2.75, 3.05) is 46.3 Å². The number of aromatic nitrogens is 2. The summed E-state index contributed by atoms with van der Waals surface area (Å²) in [4.78, 5) is 16.0. The molecule has 5 heteroatoms. The van der Waals surface area contributed by atoms with Crippen LogP contribution in [0, 0.1) is 0 Å². The highest BCUT2D eigenvalue weighted by atomic mass is 15.3. The molecule has 0 aliphatic carbocycles. The van der Waals surface area contributed by atoms with E-state index in [1.807, 2.05) is 0 Å². The fraction of sp³-hybridized carbons (Fsp3) is 0.650. The van der Waals surface area contributed by atoms with Crippen LogP contribution in [0.5, 0.6) is 0 Å². The van der Waals surface area contributed by atoms with E-state index in [0.717, 1.165) is 23.4 Å². The van der Waals surface area contributed by atoms with Gasteiger partial charge in [0.05, 0.1) is 17.6 Å². The number of likely N-dealkylation sites (N-methyl/N-ethyl adjacent to an activating group) is 1. The number of likely N-dealkylation sites (tertiary alicyclic amines) is 1. The molecule has 5 nitrogen and oxygen atoms in total. The Labute approximate surface area is 151 Å². The minimum absolute atomic E-state index is 0.710. The zero-order valence-electron chi connectivity index (χ0n) is 15.5. The molecular formula is C20H31N5. The Balaban J connectivity index is 1.35. The van der Waals surface area contributed by atoms with E-state index < -0.39 is 0 Å². The van der Waals surface area contributed by atoms with Crippen LogP contribution in [0.15, 0.2) is 24.3 Å². The summed E-state index contributed by atoms with van der Waals surface area (Å²) in [5, 5.41) is 0. The molecule has 4 rings (SSSR count). The van der Waals surface area contributed by atoms with Crippen molar-refractivity contribution >= 4 is 11.0 Å². The van der Waals surface area contributed by atoms with Gasteiger partial charge in [0.1, 0.15) is 5.82 Å². The SMILES string of the molecule is CN1CCN(CC[C@@H]2CCCCN2Cc2nc3ccccc3[nH]2)CC1. The van der Waals surface area contributed by atoms with Gasteiger partial charge in [-0.05, 0) is 51.5 Å². The molecule has 1 aromatic heterocycles. The molecule has 0 amide bonds. The number of rotatable bonds is 5. The van der Waals surface area contributed by atoms with E-state index in [4.69, 9.17) is 4.98 Å². The molecule has 1 atom stereocenters. The summed E-state index contributed by atoms with van der Waals surface area (Å²) in [6.07, 6.45) is 5.34. The molecule has 0 saturated carbocycles. The number of piperidine rings is 1. The second-order valence-electron chi connectivity index (χ2n) is 7.75. The van der Waals surface area contributed by atoms with Gasteiger partial charge in [0, 0.05) is 32.2 Å². The summed E-state index contributed by atoms with van der Waals surface area (Å²) < 4.78 is 0. The van der Waals surface area contributed by atoms with Crippen molar-refractivity contribution in [3.8, 4) is 0 Å². The van der Waals surface area contributed by atoms with Crippen LogP contribution in [0.3, 0.4) is 0 Å². The van der Waals surface area contributed by atoms with Gasteiger partial charge in [-0.3, -0.25) is 4.90 Å². The maximum atomic E-state index is 4.79. The molecule has 2 aliphatic heterocycles. The lowest BCUT2D eigenvalue weighted by Crippen LogP contribution is -2.47. The van der Waals surface area contributed by atoms with E-state index >= 15 is 0 Å². The first-order chi connectivity index (χ1) is 12.3. The van der Waals surface area contributed by atoms with Gasteiger partial charge in [-0.25, -0.2) is 4.98 Å². The molecule has 0 bridgehead atoms. The molecule has 0 spiro atoms. The number of piperazine rings is 1. The zero-order chi connectivity index (χ0) is 17.1. The smallest absolute Gasteiger partial charge is 0.121 e. The first-order valence-corrected chi connectivity index (χ1v) is 9.86. The molecule has 2 aliphatic rings. The standard InChI is InChI=1S/C20H31N5/c1-23-12-14-24(15-13-23)11-9-17-6-4-5-10-25(17)16-20-21-18-7-2-3-8-19(18)22-20/h2-3,7-8,17H,4-6,9-16H2,1H3,(H,21,22)/t17-/m0/s1. The highest BCUT2D eigenvalue weighted by Crippen LogP contribution is 2.22. The first-order valence-electron chi connectivity index (χ1n) is 9.86. The van der Waals surface area contributed by atoms with E-state index in [9.17, 15) is 0 Å². The van der Waals surface area contributed by atoms with Crippen molar-refractivity contribution in [3.05, 3.63) is 30.1 Å². The molecule has 136 valence electrons. The molecule has 1 N–H and O–H groups in total. The topological polar surface area (TPSA) is 38.4 Å². The largest absolute Gasteiger partial charge is 0.341 e. The van der Waals surface area contributed by atoms with Gasteiger partial charge >= 0.3 is 0 Å². The van der Waals surface area contributed by atoms with Crippen molar-refractivity contribution in [1.82, 2.24) is 24.7 Å². The molecule has 2 fully saturated rings. The van der Waals surface area contributed by atoms with Gasteiger partial charge in [-0.15, -0.1) is 0 Å². The molecule has 2 saturated heterocycles. The third-order valence-corrected chi connectivity index (χ3v) is 5.91. The Morgan fingerprint density at radius 1 is 1.08 bits per heavy atom. The number of fused-ring (bicyclic) bond motifs is 1. The van der Waals surface area contributed by atoms with Crippen molar-refractivity contribution in [2.45, 2.75) is 38.3 Å². The monoisotopic (exact) mass is 341 g/mol. The first kappa shape index (κ1) is 17.0. The van der Waals surface area contributed by atoms with Crippen molar-refractivity contribution in [1.29, 1.82) is 0 Å². The molecule has 2 aromatic rings. The third kappa shape index (κ3) is 4.22. The number of hydrogen-bond donors (Lipinski definition) is 1. The van der Waals surface area contributed by atoms with Gasteiger partial charge in [0.2, 0.25) is 0 Å². The molecule has 0 radical (unpaired) electrons. The third-order valence-electron chi connectivity index (χ3n) is 5.91. The van der Waals surface area contributed by atoms with Gasteiger partial charge in [-0.2, -0.15) is 0 Å². The van der Waals surface area contributed by atoms with Crippen molar-refractivity contribution < 1.29 is 0 Å². The van der Waals surface area contributed by atoms with E-state index in [-0.39, 0.29) is 0 Å². The van der Waals surface area contributed by atoms with Gasteiger partial charge in [-0.1, -0.05) is 18.6 Å². The predicted octanol–water partition coefficient (Wildman–Crippen LogP) is 2.55. The van der Waals surface area contributed by atoms with Crippen molar-refractivity contribution in [3.63, 3.8) is 0 Å². The fourth-order valence-corrected chi connectivity index (χ4v) is 4.27. The van der Waals surface area contributed by atoms with Crippen LogP contribution in [0.1, 0.15) is 31.5 Å². The lowest BCUT2D eigenvalue weighted by Gasteiger charge is -2.38. The maximum Gasteiger partial charge on any atom is 0.121 e.